The Balaban J connectivity index is 0.000000148. The molecule has 4 aromatic carbocycles. The standard InChI is InChI=1S/C11H11BrN2O2.C10H9BrN2O2.C9H7BrN2O2.C8H5BrN2O2/c1-3-16-11(15)10-8-6-7(12)4-5-9(8)14(2)13-10;1-2-15-10(14)9-7-5-6(11)3-4-8(7)12-13-9;1-12-7-3-2-5(10)4-6(7)8(11-12)9(13)14;9-4-1-2-6-5(3-4)7(8(12)13)11-10-6/h4-6H,3H2,1-2H3;3-5H,2H2,1H3,(H,12,13);2-4H,1H3,(H,13,14);1-3H,(H,10,11)(H,12,13). The van der Waals surface area contributed by atoms with Crippen LogP contribution in [0.2, 0.25) is 0 Å². The van der Waals surface area contributed by atoms with Crippen LogP contribution < -0.4 is 0 Å². The van der Waals surface area contributed by atoms with E-state index in [0.29, 0.717) is 35.4 Å². The van der Waals surface area contributed by atoms with Crippen molar-refractivity contribution in [2.45, 2.75) is 13.8 Å². The molecule has 0 unspecified atom stereocenters. The zero-order valence-electron chi connectivity index (χ0n) is 30.9. The van der Waals surface area contributed by atoms with Crippen LogP contribution in [0.5, 0.6) is 0 Å². The normalized spacial score (nSPS) is 10.6. The fourth-order valence-electron chi connectivity index (χ4n) is 5.47. The van der Waals surface area contributed by atoms with E-state index in [1.807, 2.05) is 54.6 Å². The smallest absolute Gasteiger partial charge is 0.359 e. The average molecular weight is 1050 g/mol. The number of aromatic carboxylic acids is 2. The van der Waals surface area contributed by atoms with Crippen LogP contribution in [0.25, 0.3) is 43.6 Å². The molecule has 0 amide bonds. The molecule has 4 N–H and O–H groups in total. The first kappa shape index (κ1) is 43.7. The second-order valence-electron chi connectivity index (χ2n) is 11.8. The minimum absolute atomic E-state index is 0.0521. The Hall–Kier alpha value is -5.44. The third-order valence-corrected chi connectivity index (χ3v) is 9.99. The number of carboxylic acid groups (broad SMARTS) is 2. The number of carboxylic acids is 2. The van der Waals surface area contributed by atoms with Gasteiger partial charge in [-0.25, -0.2) is 19.2 Å². The summed E-state index contributed by atoms with van der Waals surface area (Å²) >= 11 is 13.3. The van der Waals surface area contributed by atoms with Gasteiger partial charge in [0, 0.05) is 53.5 Å². The molecule has 0 atom stereocenters. The molecular weight excluding hydrogens is 1020 g/mol. The molecule has 0 radical (unpaired) electrons. The minimum Gasteiger partial charge on any atom is -0.476 e. The van der Waals surface area contributed by atoms with Crippen molar-refractivity contribution in [1.82, 2.24) is 40.0 Å². The monoisotopic (exact) mass is 1040 g/mol. The Morgan fingerprint density at radius 3 is 1.36 bits per heavy atom. The molecular formula is C38H32Br4N8O8. The number of nitrogens with one attached hydrogen (secondary N) is 2. The van der Waals surface area contributed by atoms with E-state index in [1.54, 1.807) is 55.5 Å². The molecule has 0 spiro atoms. The second-order valence-corrected chi connectivity index (χ2v) is 15.5. The van der Waals surface area contributed by atoms with Gasteiger partial charge in [0.1, 0.15) is 0 Å². The largest absolute Gasteiger partial charge is 0.476 e. The van der Waals surface area contributed by atoms with E-state index in [1.165, 1.54) is 0 Å². The van der Waals surface area contributed by atoms with Gasteiger partial charge in [-0.1, -0.05) is 63.7 Å². The number of hydrogen-bond donors (Lipinski definition) is 4. The predicted molar refractivity (Wildman–Crippen MR) is 230 cm³/mol. The number of benzene rings is 4. The fraction of sp³-hybridized carbons (Fsp3) is 0.158. The molecule has 300 valence electrons. The summed E-state index contributed by atoms with van der Waals surface area (Å²) in [5.74, 6) is -2.81. The first-order chi connectivity index (χ1) is 27.6. The van der Waals surface area contributed by atoms with Crippen molar-refractivity contribution in [2.24, 2.45) is 14.1 Å². The van der Waals surface area contributed by atoms with Crippen LogP contribution >= 0.6 is 63.7 Å². The van der Waals surface area contributed by atoms with Gasteiger partial charge in [-0.15, -0.1) is 0 Å². The van der Waals surface area contributed by atoms with Gasteiger partial charge < -0.3 is 19.7 Å². The lowest BCUT2D eigenvalue weighted by atomic mass is 10.2. The maximum atomic E-state index is 11.7. The molecule has 0 fully saturated rings. The molecule has 8 aromatic rings. The number of esters is 2. The number of carbonyl (C=O) groups excluding carboxylic acids is 2. The van der Waals surface area contributed by atoms with Crippen LogP contribution in [-0.2, 0) is 23.6 Å². The molecule has 0 aliphatic heterocycles. The van der Waals surface area contributed by atoms with E-state index in [4.69, 9.17) is 19.7 Å². The fourth-order valence-corrected chi connectivity index (χ4v) is 6.92. The molecule has 0 bridgehead atoms. The zero-order chi connectivity index (χ0) is 42.3. The number of carbonyl (C=O) groups is 4. The van der Waals surface area contributed by atoms with Crippen LogP contribution in [0.15, 0.2) is 90.7 Å². The Bertz CT molecular complexity index is 2810. The number of fused-ring (bicyclic) bond motifs is 4. The zero-order valence-corrected chi connectivity index (χ0v) is 37.2. The van der Waals surface area contributed by atoms with Crippen LogP contribution in [0.3, 0.4) is 0 Å². The SMILES string of the molecule is CCOC(=O)c1n[nH]c2ccc(Br)cc12.CCOC(=O)c1nn(C)c2ccc(Br)cc12.Cn1nc(C(=O)O)c2cc(Br)ccc21.O=C(O)c1n[nH]c2ccc(Br)cc12. The molecule has 58 heavy (non-hydrogen) atoms. The minimum atomic E-state index is -1.02. The number of rotatable bonds is 6. The quantitative estimate of drug-likeness (QED) is 0.115. The summed E-state index contributed by atoms with van der Waals surface area (Å²) in [4.78, 5) is 44.7. The molecule has 4 aromatic heterocycles. The van der Waals surface area contributed by atoms with Crippen LogP contribution in [0.4, 0.5) is 0 Å². The third kappa shape index (κ3) is 10.2. The highest BCUT2D eigenvalue weighted by molar-refractivity contribution is 9.11. The number of H-pyrrole nitrogens is 2. The summed E-state index contributed by atoms with van der Waals surface area (Å²) < 4.78 is 16.6. The van der Waals surface area contributed by atoms with Gasteiger partial charge in [0.05, 0.1) is 35.3 Å². The van der Waals surface area contributed by atoms with Gasteiger partial charge in [0.2, 0.25) is 0 Å². The lowest BCUT2D eigenvalue weighted by Gasteiger charge is -1.98. The van der Waals surface area contributed by atoms with Gasteiger partial charge in [0.15, 0.2) is 22.8 Å². The van der Waals surface area contributed by atoms with Crippen molar-refractivity contribution in [3.8, 4) is 0 Å². The summed E-state index contributed by atoms with van der Waals surface area (Å²) in [5.41, 5.74) is 4.09. The predicted octanol–water partition coefficient (Wildman–Crippen LogP) is 9.07. The molecule has 4 heterocycles. The van der Waals surface area contributed by atoms with Crippen LogP contribution in [0, 0.1) is 0 Å². The second kappa shape index (κ2) is 19.3. The molecule has 0 saturated carbocycles. The lowest BCUT2D eigenvalue weighted by molar-refractivity contribution is 0.0511. The van der Waals surface area contributed by atoms with Crippen molar-refractivity contribution < 1.29 is 38.9 Å². The van der Waals surface area contributed by atoms with E-state index >= 15 is 0 Å². The highest BCUT2D eigenvalue weighted by Crippen LogP contribution is 2.25. The topological polar surface area (TPSA) is 220 Å². The summed E-state index contributed by atoms with van der Waals surface area (Å²) in [6.45, 7) is 4.24. The van der Waals surface area contributed by atoms with E-state index in [0.717, 1.165) is 50.7 Å². The van der Waals surface area contributed by atoms with Gasteiger partial charge in [-0.2, -0.15) is 20.4 Å². The van der Waals surface area contributed by atoms with E-state index in [-0.39, 0.29) is 17.4 Å². The van der Waals surface area contributed by atoms with Crippen molar-refractivity contribution >= 4 is 131 Å². The maximum Gasteiger partial charge on any atom is 0.359 e. The molecule has 0 aliphatic rings. The Morgan fingerprint density at radius 1 is 0.552 bits per heavy atom. The van der Waals surface area contributed by atoms with Gasteiger partial charge >= 0.3 is 23.9 Å². The number of nitrogens with zero attached hydrogens (tertiary/aromatic N) is 6. The Morgan fingerprint density at radius 2 is 0.914 bits per heavy atom. The number of aryl methyl sites for hydroxylation is 2. The third-order valence-electron chi connectivity index (χ3n) is 8.02. The number of aromatic nitrogens is 8. The van der Waals surface area contributed by atoms with E-state index in [9.17, 15) is 19.2 Å². The summed E-state index contributed by atoms with van der Waals surface area (Å²) in [6, 6.07) is 22.0. The Labute approximate surface area is 362 Å². The molecule has 16 nitrogen and oxygen atoms in total. The van der Waals surface area contributed by atoms with Crippen molar-refractivity contribution in [2.75, 3.05) is 13.2 Å². The summed E-state index contributed by atoms with van der Waals surface area (Å²) in [6.07, 6.45) is 0. The van der Waals surface area contributed by atoms with Crippen LogP contribution in [0.1, 0.15) is 55.8 Å². The van der Waals surface area contributed by atoms with Gasteiger partial charge in [-0.05, 0) is 86.6 Å². The van der Waals surface area contributed by atoms with E-state index < -0.39 is 17.9 Å². The summed E-state index contributed by atoms with van der Waals surface area (Å²) in [5, 5.41) is 41.6. The highest BCUT2D eigenvalue weighted by atomic mass is 79.9. The molecule has 0 saturated heterocycles. The first-order valence-corrected chi connectivity index (χ1v) is 20.1. The number of hydrogen-bond acceptors (Lipinski definition) is 10. The van der Waals surface area contributed by atoms with Gasteiger partial charge in [0.25, 0.3) is 0 Å². The number of aromatic amines is 2. The average Bonchev–Trinajstić information content (AvgIpc) is 3.95. The van der Waals surface area contributed by atoms with Crippen LogP contribution in [-0.4, -0.2) is 87.3 Å². The number of halogens is 4. The first-order valence-electron chi connectivity index (χ1n) is 17.0. The van der Waals surface area contributed by atoms with Crippen molar-refractivity contribution in [3.63, 3.8) is 0 Å². The Kier molecular flexibility index (Phi) is 14.6. The molecule has 8 rings (SSSR count). The highest BCUT2D eigenvalue weighted by Gasteiger charge is 2.18. The van der Waals surface area contributed by atoms with Crippen molar-refractivity contribution in [1.29, 1.82) is 0 Å². The maximum absolute atomic E-state index is 11.7. The number of ether oxygens (including phenoxy) is 2. The lowest BCUT2D eigenvalue weighted by Crippen LogP contribution is -2.06. The van der Waals surface area contributed by atoms with E-state index in [2.05, 4.69) is 94.3 Å². The van der Waals surface area contributed by atoms with Crippen molar-refractivity contribution in [3.05, 3.63) is 113 Å². The molecule has 0 aliphatic carbocycles. The molecule has 20 heteroatoms. The summed E-state index contributed by atoms with van der Waals surface area (Å²) in [7, 11) is 3.53. The van der Waals surface area contributed by atoms with Gasteiger partial charge in [-0.3, -0.25) is 19.6 Å².